The van der Waals surface area contributed by atoms with Crippen LogP contribution in [0.25, 0.3) is 0 Å². The summed E-state index contributed by atoms with van der Waals surface area (Å²) in [5, 5.41) is 12.5. The molecule has 0 saturated heterocycles. The average molecular weight is 411 g/mol. The molecular weight excluding hydrogens is 386 g/mol. The fourth-order valence-electron chi connectivity index (χ4n) is 4.78. The van der Waals surface area contributed by atoms with Crippen molar-refractivity contribution >= 4 is 11.7 Å². The Morgan fingerprint density at radius 1 is 1.10 bits per heavy atom. The summed E-state index contributed by atoms with van der Waals surface area (Å²) in [7, 11) is 0. The Balaban J connectivity index is 1.37. The first kappa shape index (κ1) is 20.1. The number of aromatic amines is 2. The molecule has 0 spiro atoms. The SMILES string of the molecule is O=C(N[C@@H]1CC[C@@H](C(=O)C[C@H]2CCCc3ccccc32)C1)c1[nH]c(=O)[nH]c(=O)c1O. The van der Waals surface area contributed by atoms with Crippen molar-refractivity contribution in [3.63, 3.8) is 0 Å². The molecule has 2 aliphatic carbocycles. The third-order valence-electron chi connectivity index (χ3n) is 6.31. The lowest BCUT2D eigenvalue weighted by molar-refractivity contribution is -0.123. The lowest BCUT2D eigenvalue weighted by Crippen LogP contribution is -2.36. The number of fused-ring (bicyclic) bond motifs is 1. The summed E-state index contributed by atoms with van der Waals surface area (Å²) in [5.74, 6) is -1.19. The van der Waals surface area contributed by atoms with Gasteiger partial charge in [0.05, 0.1) is 0 Å². The Morgan fingerprint density at radius 3 is 2.73 bits per heavy atom. The van der Waals surface area contributed by atoms with Crippen molar-refractivity contribution in [2.45, 2.75) is 56.9 Å². The molecule has 8 nitrogen and oxygen atoms in total. The second-order valence-corrected chi connectivity index (χ2v) is 8.27. The van der Waals surface area contributed by atoms with Gasteiger partial charge in [-0.25, -0.2) is 4.79 Å². The standard InChI is InChI=1S/C22H25N3O5/c26-17(11-13-6-3-5-12-4-1-2-7-16(12)13)14-8-9-15(10-14)23-20(28)18-19(27)21(29)25-22(30)24-18/h1-2,4,7,13-15,27H,3,5-6,8-11H2,(H,23,28)(H2,24,25,29,30)/t13-,14-,15-/m1/s1. The van der Waals surface area contributed by atoms with E-state index in [9.17, 15) is 24.3 Å². The first-order chi connectivity index (χ1) is 14.4. The summed E-state index contributed by atoms with van der Waals surface area (Å²) in [5.41, 5.74) is 0.280. The molecule has 3 atom stereocenters. The molecule has 30 heavy (non-hydrogen) atoms. The number of carbonyl (C=O) groups is 2. The summed E-state index contributed by atoms with van der Waals surface area (Å²) in [4.78, 5) is 52.1. The highest BCUT2D eigenvalue weighted by Gasteiger charge is 2.33. The third kappa shape index (κ3) is 4.08. The number of amides is 1. The zero-order chi connectivity index (χ0) is 21.3. The van der Waals surface area contributed by atoms with E-state index < -0.39 is 28.6 Å². The van der Waals surface area contributed by atoms with Crippen molar-refractivity contribution in [1.82, 2.24) is 15.3 Å². The zero-order valence-corrected chi connectivity index (χ0v) is 16.6. The van der Waals surface area contributed by atoms with Crippen LogP contribution in [-0.2, 0) is 11.2 Å². The average Bonchev–Trinajstić information content (AvgIpc) is 3.19. The maximum absolute atomic E-state index is 12.9. The van der Waals surface area contributed by atoms with E-state index in [4.69, 9.17) is 0 Å². The van der Waals surface area contributed by atoms with Crippen LogP contribution in [0.4, 0.5) is 0 Å². The van der Waals surface area contributed by atoms with E-state index in [-0.39, 0.29) is 23.7 Å². The highest BCUT2D eigenvalue weighted by Crippen LogP contribution is 2.36. The van der Waals surface area contributed by atoms with Gasteiger partial charge in [0.1, 0.15) is 5.78 Å². The highest BCUT2D eigenvalue weighted by molar-refractivity contribution is 5.94. The van der Waals surface area contributed by atoms with Gasteiger partial charge in [0.25, 0.3) is 11.5 Å². The fourth-order valence-corrected chi connectivity index (χ4v) is 4.78. The Kier molecular flexibility index (Phi) is 5.57. The highest BCUT2D eigenvalue weighted by atomic mass is 16.3. The summed E-state index contributed by atoms with van der Waals surface area (Å²) in [6.45, 7) is 0. The van der Waals surface area contributed by atoms with E-state index >= 15 is 0 Å². The smallest absolute Gasteiger partial charge is 0.326 e. The van der Waals surface area contributed by atoms with Crippen molar-refractivity contribution in [3.05, 3.63) is 61.9 Å². The molecule has 1 fully saturated rings. The molecule has 0 unspecified atom stereocenters. The number of H-pyrrole nitrogens is 2. The van der Waals surface area contributed by atoms with E-state index in [1.54, 1.807) is 0 Å². The molecule has 0 bridgehead atoms. The first-order valence-corrected chi connectivity index (χ1v) is 10.4. The third-order valence-corrected chi connectivity index (χ3v) is 6.31. The summed E-state index contributed by atoms with van der Waals surface area (Å²) in [6.07, 6.45) is 5.54. The van der Waals surface area contributed by atoms with Gasteiger partial charge in [-0.2, -0.15) is 0 Å². The fraction of sp³-hybridized carbons (Fsp3) is 0.455. The van der Waals surface area contributed by atoms with Crippen LogP contribution < -0.4 is 16.6 Å². The molecule has 2 aromatic rings. The molecule has 4 rings (SSSR count). The van der Waals surface area contributed by atoms with Crippen LogP contribution in [-0.4, -0.2) is 32.8 Å². The molecule has 1 aromatic heterocycles. The maximum atomic E-state index is 12.9. The molecule has 0 radical (unpaired) electrons. The van der Waals surface area contributed by atoms with Gasteiger partial charge in [-0.1, -0.05) is 24.3 Å². The van der Waals surface area contributed by atoms with Crippen LogP contribution in [0.3, 0.4) is 0 Å². The van der Waals surface area contributed by atoms with Crippen LogP contribution >= 0.6 is 0 Å². The molecular formula is C22H25N3O5. The number of hydrogen-bond acceptors (Lipinski definition) is 5. The van der Waals surface area contributed by atoms with Crippen molar-refractivity contribution in [1.29, 1.82) is 0 Å². The molecule has 1 saturated carbocycles. The number of hydrogen-bond donors (Lipinski definition) is 4. The molecule has 1 aromatic carbocycles. The number of Topliss-reactive ketones (excluding diaryl/α,β-unsaturated/α-hetero) is 1. The van der Waals surface area contributed by atoms with Crippen molar-refractivity contribution in [2.24, 2.45) is 5.92 Å². The largest absolute Gasteiger partial charge is 0.501 e. The van der Waals surface area contributed by atoms with E-state index in [1.165, 1.54) is 11.1 Å². The quantitative estimate of drug-likeness (QED) is 0.595. The zero-order valence-electron chi connectivity index (χ0n) is 16.6. The Morgan fingerprint density at radius 2 is 1.90 bits per heavy atom. The molecule has 1 amide bonds. The topological polar surface area (TPSA) is 132 Å². The maximum Gasteiger partial charge on any atom is 0.326 e. The van der Waals surface area contributed by atoms with Crippen LogP contribution in [0.5, 0.6) is 5.75 Å². The van der Waals surface area contributed by atoms with Gasteiger partial charge in [0, 0.05) is 18.4 Å². The minimum atomic E-state index is -1.02. The number of ketones is 1. The monoisotopic (exact) mass is 411 g/mol. The number of nitrogens with one attached hydrogen (secondary N) is 3. The predicted octanol–water partition coefficient (Wildman–Crippen LogP) is 1.75. The lowest BCUT2D eigenvalue weighted by atomic mass is 9.79. The molecule has 0 aliphatic heterocycles. The van der Waals surface area contributed by atoms with Gasteiger partial charge >= 0.3 is 5.69 Å². The van der Waals surface area contributed by atoms with E-state index in [0.29, 0.717) is 25.7 Å². The number of carbonyl (C=O) groups excluding carboxylic acids is 2. The first-order valence-electron chi connectivity index (χ1n) is 10.4. The Hall–Kier alpha value is -3.16. The van der Waals surface area contributed by atoms with Gasteiger partial charge in [0.15, 0.2) is 5.69 Å². The molecule has 8 heteroatoms. The van der Waals surface area contributed by atoms with Gasteiger partial charge in [-0.15, -0.1) is 0 Å². The normalized spacial score (nSPS) is 23.0. The Labute approximate surface area is 172 Å². The molecule has 1 heterocycles. The summed E-state index contributed by atoms with van der Waals surface area (Å²) >= 11 is 0. The van der Waals surface area contributed by atoms with Crippen LogP contribution in [0.15, 0.2) is 33.9 Å². The minimum Gasteiger partial charge on any atom is -0.501 e. The second-order valence-electron chi connectivity index (χ2n) is 8.27. The summed E-state index contributed by atoms with van der Waals surface area (Å²) in [6, 6.07) is 8.09. The lowest BCUT2D eigenvalue weighted by Gasteiger charge is -2.26. The summed E-state index contributed by atoms with van der Waals surface area (Å²) < 4.78 is 0. The predicted molar refractivity (Wildman–Crippen MR) is 110 cm³/mol. The van der Waals surface area contributed by atoms with Gasteiger partial charge in [-0.05, 0) is 55.6 Å². The van der Waals surface area contributed by atoms with Gasteiger partial charge < -0.3 is 10.4 Å². The van der Waals surface area contributed by atoms with Gasteiger partial charge in [0.2, 0.25) is 5.75 Å². The van der Waals surface area contributed by atoms with E-state index in [1.807, 2.05) is 17.1 Å². The number of aryl methyl sites for hydroxylation is 1. The van der Waals surface area contributed by atoms with Crippen molar-refractivity contribution < 1.29 is 14.7 Å². The Bertz CT molecular complexity index is 1090. The van der Waals surface area contributed by atoms with E-state index in [2.05, 4.69) is 22.4 Å². The van der Waals surface area contributed by atoms with Crippen molar-refractivity contribution in [2.75, 3.05) is 0 Å². The number of benzene rings is 1. The second kappa shape index (κ2) is 8.30. The number of rotatable bonds is 5. The van der Waals surface area contributed by atoms with Crippen molar-refractivity contribution in [3.8, 4) is 5.75 Å². The minimum absolute atomic E-state index is 0.115. The molecule has 158 valence electrons. The van der Waals surface area contributed by atoms with Crippen LogP contribution in [0.1, 0.15) is 66.1 Å². The van der Waals surface area contributed by atoms with Crippen LogP contribution in [0, 0.1) is 5.92 Å². The van der Waals surface area contributed by atoms with Gasteiger partial charge in [-0.3, -0.25) is 24.4 Å². The van der Waals surface area contributed by atoms with Crippen LogP contribution in [0.2, 0.25) is 0 Å². The molecule has 2 aliphatic rings. The number of aromatic nitrogens is 2. The number of aromatic hydroxyl groups is 1. The van der Waals surface area contributed by atoms with E-state index in [0.717, 1.165) is 19.3 Å². The molecule has 4 N–H and O–H groups in total.